The highest BCUT2D eigenvalue weighted by molar-refractivity contribution is 7.90. The molecule has 12 nitrogen and oxygen atoms in total. The molecule has 4 fully saturated rings. The molecule has 2 aromatic carbocycles. The predicted octanol–water partition coefficient (Wildman–Crippen LogP) is 7.21. The Morgan fingerprint density at radius 1 is 1.03 bits per heavy atom. The van der Waals surface area contributed by atoms with E-state index in [-0.39, 0.29) is 77.5 Å². The van der Waals surface area contributed by atoms with E-state index < -0.39 is 21.6 Å². The minimum Gasteiger partial charge on any atom is -0.489 e. The third-order valence-electron chi connectivity index (χ3n) is 12.8. The number of rotatable bonds is 12. The fourth-order valence-corrected chi connectivity index (χ4v) is 10.5. The van der Waals surface area contributed by atoms with Crippen LogP contribution < -0.4 is 29.9 Å². The van der Waals surface area contributed by atoms with Crippen LogP contribution in [0.25, 0.3) is 5.57 Å². The van der Waals surface area contributed by atoms with Crippen LogP contribution in [0.4, 0.5) is 10.1 Å². The Morgan fingerprint density at radius 3 is 2.55 bits per heavy atom. The highest BCUT2D eigenvalue weighted by atomic mass is 35.5. The minimum atomic E-state index is -4.43. The van der Waals surface area contributed by atoms with E-state index in [4.69, 9.17) is 37.4 Å². The molecule has 16 heteroatoms. The lowest BCUT2D eigenvalue weighted by Crippen LogP contribution is -2.47. The number of benzene rings is 2. The SMILES string of the molecule is CC1(C)CCC(CN2CCN(c3ccc(C(=O)NS(=O)(=O)c4cnc(OCC5(F)CCOCC5)c(Cl)c4)c(OC4CCCC5NNCC54)c3)CC2)=C(c2ccc(Cl)cc2)C1. The smallest absolute Gasteiger partial charge is 0.268 e. The average molecular weight is 886 g/mol. The molecule has 0 bridgehead atoms. The Morgan fingerprint density at radius 2 is 1.80 bits per heavy atom. The van der Waals surface area contributed by atoms with Crippen molar-refractivity contribution in [3.8, 4) is 11.6 Å². The maximum atomic E-state index is 15.1. The van der Waals surface area contributed by atoms with Crippen molar-refractivity contribution in [2.45, 2.75) is 87.9 Å². The van der Waals surface area contributed by atoms with Gasteiger partial charge >= 0.3 is 0 Å². The highest BCUT2D eigenvalue weighted by Crippen LogP contribution is 2.43. The summed E-state index contributed by atoms with van der Waals surface area (Å²) in [5.41, 5.74) is 10.4. The van der Waals surface area contributed by atoms with Crippen LogP contribution in [0.2, 0.25) is 10.0 Å². The first-order valence-electron chi connectivity index (χ1n) is 21.1. The number of nitrogens with one attached hydrogen (secondary N) is 3. The second-order valence-electron chi connectivity index (χ2n) is 17.7. The summed E-state index contributed by atoms with van der Waals surface area (Å²) in [6, 6.07) is 15.0. The lowest BCUT2D eigenvalue weighted by molar-refractivity contribution is -0.0331. The molecule has 0 radical (unpaired) electrons. The van der Waals surface area contributed by atoms with Gasteiger partial charge in [0.2, 0.25) is 5.88 Å². The number of amides is 1. The summed E-state index contributed by atoms with van der Waals surface area (Å²) in [6.07, 6.45) is 7.26. The average Bonchev–Trinajstić information content (AvgIpc) is 3.72. The zero-order chi connectivity index (χ0) is 42.1. The lowest BCUT2D eigenvalue weighted by atomic mass is 9.72. The van der Waals surface area contributed by atoms with Crippen molar-refractivity contribution in [2.24, 2.45) is 11.3 Å². The third kappa shape index (κ3) is 10.1. The molecule has 324 valence electrons. The van der Waals surface area contributed by atoms with Crippen molar-refractivity contribution >= 4 is 50.4 Å². The molecule has 3 saturated heterocycles. The number of fused-ring (bicyclic) bond motifs is 1. The number of aromatic nitrogens is 1. The summed E-state index contributed by atoms with van der Waals surface area (Å²) in [5, 5.41) is 0.618. The van der Waals surface area contributed by atoms with Crippen LogP contribution in [0.3, 0.4) is 0 Å². The zero-order valence-corrected chi connectivity index (χ0v) is 36.6. The number of carbonyl (C=O) groups is 1. The number of allylic oxidation sites excluding steroid dienone is 1. The third-order valence-corrected chi connectivity index (χ3v) is 14.6. The molecule has 3 unspecified atom stereocenters. The van der Waals surface area contributed by atoms with Crippen LogP contribution >= 0.6 is 23.2 Å². The number of ether oxygens (including phenoxy) is 3. The normalized spacial score (nSPS) is 24.5. The number of nitrogens with zero attached hydrogens (tertiary/aromatic N) is 3. The number of anilines is 1. The Kier molecular flexibility index (Phi) is 13.0. The fourth-order valence-electron chi connectivity index (χ4n) is 9.16. The second-order valence-corrected chi connectivity index (χ2v) is 20.2. The van der Waals surface area contributed by atoms with E-state index in [0.717, 1.165) is 101 Å². The van der Waals surface area contributed by atoms with Gasteiger partial charge in [0.15, 0.2) is 0 Å². The van der Waals surface area contributed by atoms with E-state index >= 15 is 4.39 Å². The zero-order valence-electron chi connectivity index (χ0n) is 34.3. The van der Waals surface area contributed by atoms with Gasteiger partial charge in [0.25, 0.3) is 15.9 Å². The van der Waals surface area contributed by atoms with E-state index in [1.807, 2.05) is 24.3 Å². The lowest BCUT2D eigenvalue weighted by Gasteiger charge is -2.39. The monoisotopic (exact) mass is 884 g/mol. The minimum absolute atomic E-state index is 0.1000. The van der Waals surface area contributed by atoms with Crippen molar-refractivity contribution in [3.05, 3.63) is 81.5 Å². The fraction of sp³-hybridized carbons (Fsp3) is 0.545. The quantitative estimate of drug-likeness (QED) is 0.170. The number of hydrazine groups is 1. The molecule has 3 aliphatic heterocycles. The Bertz CT molecular complexity index is 2180. The number of halogens is 3. The van der Waals surface area contributed by atoms with Crippen molar-refractivity contribution < 1.29 is 31.8 Å². The number of sulfonamides is 1. The van der Waals surface area contributed by atoms with Crippen molar-refractivity contribution in [1.29, 1.82) is 0 Å². The summed E-state index contributed by atoms with van der Waals surface area (Å²) < 4.78 is 62.0. The van der Waals surface area contributed by atoms with Gasteiger partial charge in [-0.05, 0) is 85.4 Å². The molecule has 4 heterocycles. The van der Waals surface area contributed by atoms with Gasteiger partial charge in [0.1, 0.15) is 34.0 Å². The molecule has 1 saturated carbocycles. The van der Waals surface area contributed by atoms with Gasteiger partial charge in [-0.25, -0.2) is 22.5 Å². The number of pyridine rings is 1. The molecule has 3 atom stereocenters. The van der Waals surface area contributed by atoms with Gasteiger partial charge in [-0.3, -0.25) is 20.5 Å². The number of piperazine rings is 1. The van der Waals surface area contributed by atoms with Crippen LogP contribution in [0, 0.1) is 11.3 Å². The van der Waals surface area contributed by atoms with Crippen molar-refractivity contribution in [1.82, 2.24) is 25.5 Å². The second kappa shape index (κ2) is 18.1. The molecule has 3 N–H and O–H groups in total. The van der Waals surface area contributed by atoms with Gasteiger partial charge in [0.05, 0.1) is 11.8 Å². The molecular formula is C44H55Cl2FN6O6S. The van der Waals surface area contributed by atoms with Crippen LogP contribution in [0.5, 0.6) is 11.6 Å². The summed E-state index contributed by atoms with van der Waals surface area (Å²) in [7, 11) is -4.43. The van der Waals surface area contributed by atoms with E-state index in [9.17, 15) is 13.2 Å². The predicted molar refractivity (Wildman–Crippen MR) is 231 cm³/mol. The summed E-state index contributed by atoms with van der Waals surface area (Å²) in [5.74, 6) is -0.421. The Balaban J connectivity index is 0.975. The Hall–Kier alpha value is -3.50. The molecule has 60 heavy (non-hydrogen) atoms. The maximum Gasteiger partial charge on any atom is 0.268 e. The molecule has 2 aliphatic carbocycles. The van der Waals surface area contributed by atoms with Gasteiger partial charge < -0.3 is 19.1 Å². The van der Waals surface area contributed by atoms with Crippen LogP contribution in [-0.2, 0) is 14.8 Å². The number of alkyl halides is 1. The topological polar surface area (TPSA) is 134 Å². The first-order valence-corrected chi connectivity index (χ1v) is 23.3. The van der Waals surface area contributed by atoms with Crippen LogP contribution in [0.1, 0.15) is 81.1 Å². The highest BCUT2D eigenvalue weighted by Gasteiger charge is 2.39. The molecule has 1 aromatic heterocycles. The van der Waals surface area contributed by atoms with Gasteiger partial charge in [-0.1, -0.05) is 54.8 Å². The van der Waals surface area contributed by atoms with Gasteiger partial charge in [-0.2, -0.15) is 0 Å². The molecule has 8 rings (SSSR count). The largest absolute Gasteiger partial charge is 0.489 e. The van der Waals surface area contributed by atoms with E-state index in [1.165, 1.54) is 16.7 Å². The summed E-state index contributed by atoms with van der Waals surface area (Å²) in [4.78, 5) is 22.5. The molecule has 5 aliphatic rings. The van der Waals surface area contributed by atoms with E-state index in [2.05, 4.69) is 56.3 Å². The first kappa shape index (κ1) is 43.2. The maximum absolute atomic E-state index is 15.1. The molecular weight excluding hydrogens is 830 g/mol. The van der Waals surface area contributed by atoms with Crippen molar-refractivity contribution in [3.63, 3.8) is 0 Å². The van der Waals surface area contributed by atoms with Crippen LogP contribution in [0.15, 0.2) is 65.2 Å². The number of hydrogen-bond donors (Lipinski definition) is 3. The number of hydrogen-bond acceptors (Lipinski definition) is 11. The number of carbonyl (C=O) groups excluding carboxylic acids is 1. The molecule has 3 aromatic rings. The molecule has 0 spiro atoms. The Labute approximate surface area is 362 Å². The van der Waals surface area contributed by atoms with E-state index in [0.29, 0.717) is 5.75 Å². The standard InChI is InChI=1S/C44H55Cl2FN6O6S/c1-43(2)13-12-30(35(24-43)29-6-8-31(45)9-7-29)27-52-16-18-53(19-17-52)32-10-11-34(40(22-32)59-39-5-3-4-38-36(39)26-49-50-38)41(54)51-60(55,56)33-23-37(46)42(48-25-33)58-28-44(47)14-20-57-21-15-44/h6-11,22-23,25,36,38-39,49-50H,3-5,12-21,24,26-28H2,1-2H3,(H,51,54). The summed E-state index contributed by atoms with van der Waals surface area (Å²) in [6.45, 7) is 9.91. The van der Waals surface area contributed by atoms with Gasteiger partial charge in [-0.15, -0.1) is 0 Å². The summed E-state index contributed by atoms with van der Waals surface area (Å²) >= 11 is 12.6. The van der Waals surface area contributed by atoms with Crippen molar-refractivity contribution in [2.75, 3.05) is 64.0 Å². The van der Waals surface area contributed by atoms with Gasteiger partial charge in [0, 0.05) is 94.1 Å². The molecule has 1 amide bonds. The van der Waals surface area contributed by atoms with Crippen LogP contribution in [-0.4, -0.2) is 101 Å². The van der Waals surface area contributed by atoms with E-state index in [1.54, 1.807) is 6.07 Å². The first-order chi connectivity index (χ1) is 28.7.